The number of aromatic nitrogens is 2. The van der Waals surface area contributed by atoms with Crippen molar-refractivity contribution in [2.24, 2.45) is 7.05 Å². The number of nitrogens with one attached hydrogen (secondary N) is 1. The number of hydrogen-bond donors (Lipinski definition) is 1. The fourth-order valence-corrected chi connectivity index (χ4v) is 4.16. The molecule has 1 aromatic heterocycles. The van der Waals surface area contributed by atoms with E-state index in [2.05, 4.69) is 10.4 Å². The fourth-order valence-electron chi connectivity index (χ4n) is 3.53. The predicted molar refractivity (Wildman–Crippen MR) is 117 cm³/mol. The molecule has 1 aliphatic heterocycles. The summed E-state index contributed by atoms with van der Waals surface area (Å²) in [7, 11) is 1.82. The van der Waals surface area contributed by atoms with Crippen molar-refractivity contribution in [1.29, 1.82) is 0 Å². The molecule has 0 spiro atoms. The Balaban J connectivity index is 1.83. The largest absolute Gasteiger partial charge is 0.322 e. The van der Waals surface area contributed by atoms with Gasteiger partial charge in [-0.1, -0.05) is 46.9 Å². The first-order valence-electron chi connectivity index (χ1n) is 9.28. The van der Waals surface area contributed by atoms with Gasteiger partial charge in [-0.25, -0.2) is 9.99 Å². The van der Waals surface area contributed by atoms with Gasteiger partial charge in [0, 0.05) is 41.3 Å². The van der Waals surface area contributed by atoms with Crippen molar-refractivity contribution < 1.29 is 4.79 Å². The number of hydrogen-bond acceptors (Lipinski definition) is 3. The van der Waals surface area contributed by atoms with Gasteiger partial charge < -0.3 is 4.57 Å². The van der Waals surface area contributed by atoms with Gasteiger partial charge in [0.1, 0.15) is 0 Å². The van der Waals surface area contributed by atoms with Crippen molar-refractivity contribution in [3.63, 3.8) is 0 Å². The van der Waals surface area contributed by atoms with Crippen LogP contribution in [0.15, 0.2) is 42.5 Å². The van der Waals surface area contributed by atoms with Gasteiger partial charge in [0.15, 0.2) is 0 Å². The molecule has 2 aromatic carbocycles. The summed E-state index contributed by atoms with van der Waals surface area (Å²) in [5, 5.41) is 3.56. The normalized spacial score (nSPS) is 14.3. The second kappa shape index (κ2) is 8.36. The number of benzene rings is 2. The zero-order valence-electron chi connectivity index (χ0n) is 15.8. The van der Waals surface area contributed by atoms with Gasteiger partial charge in [-0.3, -0.25) is 10.2 Å². The molecule has 1 saturated heterocycles. The molecule has 0 saturated carbocycles. The molecule has 2 heterocycles. The van der Waals surface area contributed by atoms with Crippen LogP contribution in [0.5, 0.6) is 0 Å². The number of imidazole rings is 1. The Morgan fingerprint density at radius 2 is 1.66 bits per heavy atom. The average Bonchev–Trinajstić information content (AvgIpc) is 3.30. The topological polar surface area (TPSA) is 50.2 Å². The molecule has 4 rings (SSSR count). The van der Waals surface area contributed by atoms with Crippen LogP contribution in [0.4, 0.5) is 0 Å². The highest BCUT2D eigenvalue weighted by atomic mass is 35.5. The summed E-state index contributed by atoms with van der Waals surface area (Å²) in [6.07, 6.45) is 2.14. The third-order valence-electron chi connectivity index (χ3n) is 4.97. The van der Waals surface area contributed by atoms with Crippen molar-refractivity contribution in [2.45, 2.75) is 12.8 Å². The molecule has 0 bridgehead atoms. The van der Waals surface area contributed by atoms with Crippen LogP contribution in [0.25, 0.3) is 22.5 Å². The molecule has 29 heavy (non-hydrogen) atoms. The van der Waals surface area contributed by atoms with Crippen molar-refractivity contribution in [2.75, 3.05) is 13.1 Å². The van der Waals surface area contributed by atoms with Gasteiger partial charge in [-0.05, 0) is 43.2 Å². The van der Waals surface area contributed by atoms with Crippen LogP contribution in [-0.2, 0) is 7.05 Å². The Morgan fingerprint density at radius 3 is 2.31 bits per heavy atom. The van der Waals surface area contributed by atoms with Gasteiger partial charge in [0.25, 0.3) is 0 Å². The molecule has 1 N–H and O–H groups in total. The zero-order valence-corrected chi connectivity index (χ0v) is 18.0. The first kappa shape index (κ1) is 20.2. The second-order valence-electron chi connectivity index (χ2n) is 6.96. The van der Waals surface area contributed by atoms with E-state index in [9.17, 15) is 4.79 Å². The fraction of sp³-hybridized carbons (Fsp3) is 0.238. The van der Waals surface area contributed by atoms with E-state index in [1.165, 1.54) is 0 Å². The zero-order chi connectivity index (χ0) is 20.5. The predicted octanol–water partition coefficient (Wildman–Crippen LogP) is 5.45. The molecular weight excluding hydrogens is 431 g/mol. The lowest BCUT2D eigenvalue weighted by Crippen LogP contribution is -2.41. The van der Waals surface area contributed by atoms with Gasteiger partial charge in [0.2, 0.25) is 5.82 Å². The summed E-state index contributed by atoms with van der Waals surface area (Å²) < 4.78 is 1.79. The second-order valence-corrected chi connectivity index (χ2v) is 8.24. The van der Waals surface area contributed by atoms with Gasteiger partial charge >= 0.3 is 5.91 Å². The summed E-state index contributed by atoms with van der Waals surface area (Å²) in [4.78, 5) is 17.6. The van der Waals surface area contributed by atoms with Crippen LogP contribution >= 0.6 is 34.8 Å². The molecule has 3 aromatic rings. The monoisotopic (exact) mass is 448 g/mol. The Morgan fingerprint density at radius 1 is 1.00 bits per heavy atom. The highest BCUT2D eigenvalue weighted by Gasteiger charge is 2.25. The molecule has 0 radical (unpaired) electrons. The number of carbonyl (C=O) groups is 1. The van der Waals surface area contributed by atoms with Gasteiger partial charge in [-0.2, -0.15) is 0 Å². The number of carbonyl (C=O) groups excluding carboxylic acids is 1. The maximum Gasteiger partial charge on any atom is 0.301 e. The minimum atomic E-state index is -0.249. The molecule has 1 aliphatic rings. The molecule has 0 unspecified atom stereocenters. The van der Waals surface area contributed by atoms with E-state index in [0.717, 1.165) is 37.2 Å². The van der Waals surface area contributed by atoms with Crippen LogP contribution in [0, 0.1) is 0 Å². The van der Waals surface area contributed by atoms with E-state index in [-0.39, 0.29) is 5.91 Å². The molecule has 0 aliphatic carbocycles. The molecule has 5 nitrogen and oxygen atoms in total. The summed E-state index contributed by atoms with van der Waals surface area (Å²) >= 11 is 18.6. The smallest absolute Gasteiger partial charge is 0.301 e. The lowest BCUT2D eigenvalue weighted by molar-refractivity contribution is 0.0811. The highest BCUT2D eigenvalue weighted by molar-refractivity contribution is 6.36. The number of halogens is 3. The van der Waals surface area contributed by atoms with Crippen molar-refractivity contribution in [3.8, 4) is 22.5 Å². The van der Waals surface area contributed by atoms with Crippen molar-refractivity contribution in [3.05, 3.63) is 63.4 Å². The van der Waals surface area contributed by atoms with Crippen molar-refractivity contribution in [1.82, 2.24) is 20.0 Å². The highest BCUT2D eigenvalue weighted by Crippen LogP contribution is 2.37. The summed E-state index contributed by atoms with van der Waals surface area (Å²) in [5.74, 6) is 0.0591. The number of nitrogens with zero attached hydrogens (tertiary/aromatic N) is 3. The van der Waals surface area contributed by atoms with Gasteiger partial charge in [-0.15, -0.1) is 0 Å². The Hall–Kier alpha value is -2.05. The molecule has 150 valence electrons. The Bertz CT molecular complexity index is 1060. The summed E-state index contributed by atoms with van der Waals surface area (Å²) in [6, 6.07) is 12.6. The number of amides is 1. The summed E-state index contributed by atoms with van der Waals surface area (Å²) in [5.41, 5.74) is 5.92. The molecule has 1 fully saturated rings. The first-order valence-corrected chi connectivity index (χ1v) is 10.4. The van der Waals surface area contributed by atoms with E-state index in [4.69, 9.17) is 34.8 Å². The maximum atomic E-state index is 12.9. The average molecular weight is 450 g/mol. The minimum Gasteiger partial charge on any atom is -0.322 e. The third kappa shape index (κ3) is 4.14. The van der Waals surface area contributed by atoms with E-state index in [1.54, 1.807) is 28.8 Å². The third-order valence-corrected chi connectivity index (χ3v) is 5.77. The van der Waals surface area contributed by atoms with Crippen molar-refractivity contribution >= 4 is 40.7 Å². The lowest BCUT2D eigenvalue weighted by atomic mass is 10.0. The number of hydrazine groups is 1. The first-order chi connectivity index (χ1) is 13.9. The maximum absolute atomic E-state index is 12.9. The molecule has 1 amide bonds. The minimum absolute atomic E-state index is 0.249. The van der Waals surface area contributed by atoms with E-state index < -0.39 is 0 Å². The van der Waals surface area contributed by atoms with Crippen LogP contribution in [0.3, 0.4) is 0 Å². The van der Waals surface area contributed by atoms with E-state index >= 15 is 0 Å². The standard InChI is InChI=1S/C21H19Cl3N4O/c1-27-19(13-4-6-14(22)7-5-13)18(16-9-8-15(23)12-17(16)24)25-20(27)21(29)26-28-10-2-3-11-28/h4-9,12H,2-3,10-11H2,1H3,(H,26,29). The summed E-state index contributed by atoms with van der Waals surface area (Å²) in [6.45, 7) is 1.69. The van der Waals surface area contributed by atoms with E-state index in [1.807, 2.05) is 30.3 Å². The molecule has 0 atom stereocenters. The Kier molecular flexibility index (Phi) is 5.83. The lowest BCUT2D eigenvalue weighted by Gasteiger charge is -2.16. The SMILES string of the molecule is Cn1c(C(=O)NN2CCCC2)nc(-c2ccc(Cl)cc2Cl)c1-c1ccc(Cl)cc1. The molecular formula is C21H19Cl3N4O. The van der Waals surface area contributed by atoms with Crippen LogP contribution in [0.2, 0.25) is 15.1 Å². The van der Waals surface area contributed by atoms with E-state index in [0.29, 0.717) is 32.1 Å². The van der Waals surface area contributed by atoms with Crippen LogP contribution in [-0.4, -0.2) is 33.6 Å². The van der Waals surface area contributed by atoms with Crippen LogP contribution in [0.1, 0.15) is 23.5 Å². The van der Waals surface area contributed by atoms with Gasteiger partial charge in [0.05, 0.1) is 16.4 Å². The van der Waals surface area contributed by atoms with Crippen LogP contribution < -0.4 is 5.43 Å². The molecule has 8 heteroatoms. The Labute approximate surface area is 184 Å². The quantitative estimate of drug-likeness (QED) is 0.576. The number of rotatable bonds is 4.